The first-order chi connectivity index (χ1) is 16.4. The van der Waals surface area contributed by atoms with Crippen LogP contribution in [0.15, 0.2) is 54.9 Å². The lowest BCUT2D eigenvalue weighted by atomic mass is 10.2. The van der Waals surface area contributed by atoms with E-state index in [0.717, 1.165) is 10.9 Å². The Hall–Kier alpha value is -4.67. The maximum absolute atomic E-state index is 12.8. The van der Waals surface area contributed by atoms with Gasteiger partial charge in [-0.2, -0.15) is 5.10 Å². The van der Waals surface area contributed by atoms with Crippen LogP contribution < -0.4 is 16.0 Å². The summed E-state index contributed by atoms with van der Waals surface area (Å²) >= 11 is 0. The fraction of sp³-hybridized carbons (Fsp3) is 0.174. The van der Waals surface area contributed by atoms with Crippen LogP contribution in [-0.2, 0) is 6.54 Å². The second-order valence-electron chi connectivity index (χ2n) is 8.08. The van der Waals surface area contributed by atoms with Crippen molar-refractivity contribution in [2.75, 3.05) is 17.2 Å². The van der Waals surface area contributed by atoms with Crippen LogP contribution in [0, 0.1) is 0 Å². The monoisotopic (exact) mass is 459 g/mol. The van der Waals surface area contributed by atoms with E-state index in [1.807, 2.05) is 17.6 Å². The summed E-state index contributed by atoms with van der Waals surface area (Å²) in [7, 11) is 0. The van der Waals surface area contributed by atoms with Crippen LogP contribution >= 0.6 is 0 Å². The van der Waals surface area contributed by atoms with Crippen molar-refractivity contribution in [3.8, 4) is 0 Å². The van der Waals surface area contributed by atoms with E-state index in [-0.39, 0.29) is 17.6 Å². The molecule has 11 heteroatoms. The number of hydrogen-bond acceptors (Lipinski definition) is 5. The lowest BCUT2D eigenvalue weighted by Crippen LogP contribution is -2.37. The van der Waals surface area contributed by atoms with E-state index in [0.29, 0.717) is 35.8 Å². The summed E-state index contributed by atoms with van der Waals surface area (Å²) in [5.41, 5.74) is 3.16. The van der Waals surface area contributed by atoms with Crippen LogP contribution in [0.5, 0.6) is 0 Å². The molecule has 34 heavy (non-hydrogen) atoms. The molecule has 0 fully saturated rings. The van der Waals surface area contributed by atoms with Gasteiger partial charge in [0.1, 0.15) is 17.0 Å². The van der Waals surface area contributed by atoms with Crippen molar-refractivity contribution in [1.29, 1.82) is 0 Å². The maximum Gasteiger partial charge on any atom is 0.409 e. The van der Waals surface area contributed by atoms with Crippen molar-refractivity contribution in [2.45, 2.75) is 19.5 Å². The second kappa shape index (κ2) is 8.35. The van der Waals surface area contributed by atoms with Gasteiger partial charge in [-0.3, -0.25) is 19.6 Å². The molecule has 1 atom stereocenters. The Bertz CT molecular complexity index is 1440. The number of carbonyl (C=O) groups excluding carboxylic acids is 2. The van der Waals surface area contributed by atoms with Gasteiger partial charge in [0.05, 0.1) is 24.5 Å². The molecule has 3 amide bonds. The van der Waals surface area contributed by atoms with Gasteiger partial charge in [-0.25, -0.2) is 9.78 Å². The highest BCUT2D eigenvalue weighted by molar-refractivity contribution is 6.04. The molecular weight excluding hydrogens is 438 g/mol. The Balaban J connectivity index is 1.32. The van der Waals surface area contributed by atoms with Gasteiger partial charge in [0, 0.05) is 23.8 Å². The van der Waals surface area contributed by atoms with Gasteiger partial charge >= 0.3 is 6.09 Å². The number of fused-ring (bicyclic) bond motifs is 3. The molecule has 4 aromatic rings. The minimum atomic E-state index is -1.13. The Morgan fingerprint density at radius 3 is 2.85 bits per heavy atom. The van der Waals surface area contributed by atoms with Crippen molar-refractivity contribution in [2.24, 2.45) is 0 Å². The minimum absolute atomic E-state index is 0.0263. The van der Waals surface area contributed by atoms with E-state index in [9.17, 15) is 14.4 Å². The first kappa shape index (κ1) is 21.2. The maximum atomic E-state index is 12.8. The van der Waals surface area contributed by atoms with Crippen LogP contribution in [0.1, 0.15) is 39.5 Å². The Morgan fingerprint density at radius 1 is 1.18 bits per heavy atom. The lowest BCUT2D eigenvalue weighted by Gasteiger charge is -2.23. The Morgan fingerprint density at radius 2 is 2.03 bits per heavy atom. The van der Waals surface area contributed by atoms with Crippen molar-refractivity contribution in [3.63, 3.8) is 0 Å². The molecule has 0 saturated heterocycles. The first-order valence-corrected chi connectivity index (χ1v) is 10.6. The zero-order valence-corrected chi connectivity index (χ0v) is 18.1. The van der Waals surface area contributed by atoms with Crippen LogP contribution in [0.3, 0.4) is 0 Å². The molecule has 1 aromatic carbocycles. The molecule has 3 aromatic heterocycles. The topological polar surface area (TPSA) is 143 Å². The predicted octanol–water partition coefficient (Wildman–Crippen LogP) is 2.93. The van der Waals surface area contributed by atoms with Crippen molar-refractivity contribution in [3.05, 3.63) is 71.8 Å². The summed E-state index contributed by atoms with van der Waals surface area (Å²) in [5.74, 6) is -0.545. The third-order valence-corrected chi connectivity index (χ3v) is 5.56. The summed E-state index contributed by atoms with van der Waals surface area (Å²) in [6.07, 6.45) is 2.08. The van der Waals surface area contributed by atoms with Gasteiger partial charge in [0.2, 0.25) is 0 Å². The van der Waals surface area contributed by atoms with E-state index >= 15 is 0 Å². The lowest BCUT2D eigenvalue weighted by molar-refractivity contribution is 0.0918. The highest BCUT2D eigenvalue weighted by Crippen LogP contribution is 2.25. The number of hydrogen-bond donors (Lipinski definition) is 4. The average Bonchev–Trinajstić information content (AvgIpc) is 3.40. The molecule has 5 rings (SSSR count). The number of nitrogens with zero attached hydrogens (tertiary/aromatic N) is 4. The van der Waals surface area contributed by atoms with Crippen molar-refractivity contribution in [1.82, 2.24) is 24.6 Å². The number of carbonyl (C=O) groups is 3. The van der Waals surface area contributed by atoms with E-state index in [4.69, 9.17) is 5.11 Å². The molecule has 4 heterocycles. The summed E-state index contributed by atoms with van der Waals surface area (Å²) in [6.45, 7) is 2.88. The van der Waals surface area contributed by atoms with Gasteiger partial charge in [0.15, 0.2) is 0 Å². The first-order valence-electron chi connectivity index (χ1n) is 10.6. The molecule has 4 N–H and O–H groups in total. The molecule has 0 unspecified atom stereocenters. The molecule has 1 aliphatic heterocycles. The van der Waals surface area contributed by atoms with E-state index in [1.54, 1.807) is 47.3 Å². The number of nitrogens with one attached hydrogen (secondary N) is 3. The second-order valence-corrected chi connectivity index (χ2v) is 8.08. The number of pyridine rings is 1. The van der Waals surface area contributed by atoms with Gasteiger partial charge in [0.25, 0.3) is 11.8 Å². The van der Waals surface area contributed by atoms with Crippen LogP contribution in [0.2, 0.25) is 0 Å². The Labute approximate surface area is 193 Å². The molecule has 0 radical (unpaired) electrons. The summed E-state index contributed by atoms with van der Waals surface area (Å²) in [6, 6.07) is 12.2. The fourth-order valence-corrected chi connectivity index (χ4v) is 4.03. The third kappa shape index (κ3) is 4.06. The van der Waals surface area contributed by atoms with Gasteiger partial charge in [-0.15, -0.1) is 0 Å². The molecule has 1 aliphatic rings. The number of aromatic nitrogens is 4. The number of amides is 3. The van der Waals surface area contributed by atoms with Crippen LogP contribution in [0.25, 0.3) is 11.0 Å². The van der Waals surface area contributed by atoms with E-state index < -0.39 is 12.0 Å². The Kier molecular flexibility index (Phi) is 5.21. The highest BCUT2D eigenvalue weighted by Gasteiger charge is 2.25. The standard InChI is InChI=1S/C23H21N7O4/c1-13-9-24-22(32)19-8-15-5-6-18(28-20(15)30(13)19)21(31)26-17-10-25-29(12-17)11-14-3-2-4-16(7-14)27-23(33)34/h2-8,10,12-13,27H,9,11H2,1H3,(H,24,32)(H,26,31)(H,33,34)/t13-/m1/s1. The minimum Gasteiger partial charge on any atom is -0.465 e. The number of benzene rings is 1. The number of anilines is 2. The molecule has 0 saturated carbocycles. The van der Waals surface area contributed by atoms with Crippen LogP contribution in [-0.4, -0.2) is 48.9 Å². The quantitative estimate of drug-likeness (QED) is 0.361. The SMILES string of the molecule is C[C@@H]1CNC(=O)c2cc3ccc(C(=O)Nc4cnn(Cc5cccc(NC(=O)O)c5)c4)nc3n21. The summed E-state index contributed by atoms with van der Waals surface area (Å²) in [4.78, 5) is 40.4. The van der Waals surface area contributed by atoms with E-state index in [2.05, 4.69) is 26.0 Å². The molecule has 0 bridgehead atoms. The normalized spacial score (nSPS) is 15.0. The third-order valence-electron chi connectivity index (χ3n) is 5.56. The molecular formula is C23H21N7O4. The molecule has 0 spiro atoms. The molecule has 11 nitrogen and oxygen atoms in total. The summed E-state index contributed by atoms with van der Waals surface area (Å²) in [5, 5.41) is 21.9. The van der Waals surface area contributed by atoms with Crippen molar-refractivity contribution < 1.29 is 19.5 Å². The van der Waals surface area contributed by atoms with Gasteiger partial charge in [-0.1, -0.05) is 12.1 Å². The van der Waals surface area contributed by atoms with E-state index in [1.165, 1.54) is 6.20 Å². The fourth-order valence-electron chi connectivity index (χ4n) is 4.03. The number of rotatable bonds is 5. The smallest absolute Gasteiger partial charge is 0.409 e. The van der Waals surface area contributed by atoms with Crippen LogP contribution in [0.4, 0.5) is 16.2 Å². The van der Waals surface area contributed by atoms with Gasteiger partial charge < -0.3 is 20.3 Å². The predicted molar refractivity (Wildman–Crippen MR) is 124 cm³/mol. The largest absolute Gasteiger partial charge is 0.465 e. The molecule has 0 aliphatic carbocycles. The zero-order valence-electron chi connectivity index (χ0n) is 18.1. The highest BCUT2D eigenvalue weighted by atomic mass is 16.4. The average molecular weight is 459 g/mol. The zero-order chi connectivity index (χ0) is 23.8. The number of carboxylic acid groups (broad SMARTS) is 1. The van der Waals surface area contributed by atoms with Crippen molar-refractivity contribution >= 4 is 40.3 Å². The summed E-state index contributed by atoms with van der Waals surface area (Å²) < 4.78 is 3.49. The molecule has 172 valence electrons. The van der Waals surface area contributed by atoms with Gasteiger partial charge in [-0.05, 0) is 42.8 Å².